The molecule has 0 unspecified atom stereocenters. The van der Waals surface area contributed by atoms with Crippen LogP contribution in [0.4, 0.5) is 5.69 Å². The summed E-state index contributed by atoms with van der Waals surface area (Å²) in [5.41, 5.74) is 12.9. The van der Waals surface area contributed by atoms with E-state index in [4.69, 9.17) is 16.2 Å². The highest BCUT2D eigenvalue weighted by Gasteiger charge is 2.06. The largest absolute Gasteiger partial charge is 0.455 e. The van der Waals surface area contributed by atoms with Crippen molar-refractivity contribution in [1.29, 1.82) is 0 Å². The summed E-state index contributed by atoms with van der Waals surface area (Å²) in [6.07, 6.45) is 0. The van der Waals surface area contributed by atoms with E-state index in [1.165, 1.54) is 6.07 Å². The average Bonchev–Trinajstić information content (AvgIpc) is 2.34. The van der Waals surface area contributed by atoms with Crippen LogP contribution in [0.2, 0.25) is 0 Å². The molecule has 18 heavy (non-hydrogen) atoms. The van der Waals surface area contributed by atoms with Crippen molar-refractivity contribution >= 4 is 11.6 Å². The van der Waals surface area contributed by atoms with Crippen molar-refractivity contribution < 1.29 is 9.53 Å². The van der Waals surface area contributed by atoms with E-state index < -0.39 is 5.91 Å². The van der Waals surface area contributed by atoms with Gasteiger partial charge in [-0.3, -0.25) is 4.79 Å². The highest BCUT2D eigenvalue weighted by molar-refractivity contribution is 5.94. The summed E-state index contributed by atoms with van der Waals surface area (Å²) >= 11 is 0. The van der Waals surface area contributed by atoms with Crippen molar-refractivity contribution in [3.63, 3.8) is 0 Å². The molecule has 4 N–H and O–H groups in total. The summed E-state index contributed by atoms with van der Waals surface area (Å²) in [6.45, 7) is 2.00. The molecule has 0 saturated heterocycles. The fourth-order valence-corrected chi connectivity index (χ4v) is 1.53. The number of benzene rings is 2. The molecule has 1 amide bonds. The van der Waals surface area contributed by atoms with E-state index in [2.05, 4.69) is 0 Å². The van der Waals surface area contributed by atoms with Crippen LogP contribution in [-0.2, 0) is 0 Å². The summed E-state index contributed by atoms with van der Waals surface area (Å²) in [5, 5.41) is 0. The van der Waals surface area contributed by atoms with Gasteiger partial charge in [-0.05, 0) is 37.3 Å². The first-order valence-electron chi connectivity index (χ1n) is 5.50. The van der Waals surface area contributed by atoms with Crippen molar-refractivity contribution in [1.82, 2.24) is 0 Å². The molecular formula is C14H14N2O2. The molecule has 0 bridgehead atoms. The van der Waals surface area contributed by atoms with Gasteiger partial charge in [0, 0.05) is 5.56 Å². The van der Waals surface area contributed by atoms with Gasteiger partial charge in [-0.15, -0.1) is 0 Å². The monoisotopic (exact) mass is 242 g/mol. The van der Waals surface area contributed by atoms with Gasteiger partial charge in [0.05, 0.1) is 5.69 Å². The van der Waals surface area contributed by atoms with E-state index >= 15 is 0 Å². The molecule has 0 spiro atoms. The van der Waals surface area contributed by atoms with Gasteiger partial charge in [-0.25, -0.2) is 0 Å². The minimum atomic E-state index is -0.511. The van der Waals surface area contributed by atoms with Crippen LogP contribution >= 0.6 is 0 Å². The van der Waals surface area contributed by atoms with Crippen LogP contribution in [0.15, 0.2) is 42.5 Å². The molecule has 2 aromatic rings. The second-order valence-corrected chi connectivity index (χ2v) is 4.03. The number of nitrogens with two attached hydrogens (primary N) is 2. The number of hydrogen-bond donors (Lipinski definition) is 2. The Balaban J connectivity index is 2.24. The first-order chi connectivity index (χ1) is 8.56. The Kier molecular flexibility index (Phi) is 3.19. The van der Waals surface area contributed by atoms with Crippen LogP contribution in [-0.4, -0.2) is 5.91 Å². The average molecular weight is 242 g/mol. The Morgan fingerprint density at radius 3 is 2.33 bits per heavy atom. The fourth-order valence-electron chi connectivity index (χ4n) is 1.53. The number of amides is 1. The van der Waals surface area contributed by atoms with E-state index in [9.17, 15) is 4.79 Å². The van der Waals surface area contributed by atoms with Gasteiger partial charge in [0.15, 0.2) is 0 Å². The lowest BCUT2D eigenvalue weighted by Crippen LogP contribution is -2.11. The number of rotatable bonds is 3. The van der Waals surface area contributed by atoms with Gasteiger partial charge in [0.2, 0.25) is 5.91 Å². The third-order valence-corrected chi connectivity index (χ3v) is 2.54. The van der Waals surface area contributed by atoms with Crippen molar-refractivity contribution in [2.45, 2.75) is 6.92 Å². The molecule has 92 valence electrons. The van der Waals surface area contributed by atoms with E-state index in [0.29, 0.717) is 22.7 Å². The number of anilines is 1. The van der Waals surface area contributed by atoms with Crippen LogP contribution < -0.4 is 16.2 Å². The van der Waals surface area contributed by atoms with Gasteiger partial charge in [-0.1, -0.05) is 17.7 Å². The number of ether oxygens (including phenoxy) is 1. The molecule has 0 aliphatic carbocycles. The highest BCUT2D eigenvalue weighted by Crippen LogP contribution is 2.28. The summed E-state index contributed by atoms with van der Waals surface area (Å²) in [5.74, 6) is 0.687. The maximum Gasteiger partial charge on any atom is 0.248 e. The Morgan fingerprint density at radius 2 is 1.78 bits per heavy atom. The molecule has 2 aromatic carbocycles. The van der Waals surface area contributed by atoms with E-state index in [1.54, 1.807) is 12.1 Å². The maximum absolute atomic E-state index is 11.0. The molecule has 0 aliphatic rings. The standard InChI is InChI=1S/C14H14N2O2/c1-9-2-5-11(6-3-9)18-13-7-4-10(14(16)17)8-12(13)15/h2-8H,15H2,1H3,(H2,16,17). The van der Waals surface area contributed by atoms with Gasteiger partial charge in [-0.2, -0.15) is 0 Å². The number of carbonyl (C=O) groups excluding carboxylic acids is 1. The molecule has 0 radical (unpaired) electrons. The zero-order valence-electron chi connectivity index (χ0n) is 10.0. The predicted molar refractivity (Wildman–Crippen MR) is 70.6 cm³/mol. The minimum absolute atomic E-state index is 0.365. The SMILES string of the molecule is Cc1ccc(Oc2ccc(C(N)=O)cc2N)cc1. The molecule has 0 aliphatic heterocycles. The third kappa shape index (κ3) is 2.60. The molecule has 4 nitrogen and oxygen atoms in total. The first-order valence-corrected chi connectivity index (χ1v) is 5.50. The molecule has 0 atom stereocenters. The third-order valence-electron chi connectivity index (χ3n) is 2.54. The number of aryl methyl sites for hydroxylation is 1. The van der Waals surface area contributed by atoms with E-state index in [-0.39, 0.29) is 0 Å². The normalized spacial score (nSPS) is 10.1. The topological polar surface area (TPSA) is 78.3 Å². The van der Waals surface area contributed by atoms with Crippen LogP contribution in [0.5, 0.6) is 11.5 Å². The fraction of sp³-hybridized carbons (Fsp3) is 0.0714. The first kappa shape index (κ1) is 12.0. The van der Waals surface area contributed by atoms with Gasteiger partial charge in [0.25, 0.3) is 0 Å². The Bertz CT molecular complexity index is 577. The van der Waals surface area contributed by atoms with Crippen molar-refractivity contribution in [2.75, 3.05) is 5.73 Å². The smallest absolute Gasteiger partial charge is 0.248 e. The Morgan fingerprint density at radius 1 is 1.11 bits per heavy atom. The van der Waals surface area contributed by atoms with Gasteiger partial charge < -0.3 is 16.2 Å². The highest BCUT2D eigenvalue weighted by atomic mass is 16.5. The lowest BCUT2D eigenvalue weighted by molar-refractivity contribution is 0.100. The molecule has 0 aromatic heterocycles. The second-order valence-electron chi connectivity index (χ2n) is 4.03. The van der Waals surface area contributed by atoms with Gasteiger partial charge >= 0.3 is 0 Å². The van der Waals surface area contributed by atoms with E-state index in [0.717, 1.165) is 5.56 Å². The zero-order chi connectivity index (χ0) is 13.1. The molecule has 4 heteroatoms. The number of primary amides is 1. The van der Waals surface area contributed by atoms with Gasteiger partial charge in [0.1, 0.15) is 11.5 Å². The van der Waals surface area contributed by atoms with Crippen LogP contribution in [0, 0.1) is 6.92 Å². The van der Waals surface area contributed by atoms with E-state index in [1.807, 2.05) is 31.2 Å². The lowest BCUT2D eigenvalue weighted by atomic mass is 10.2. The molecule has 0 heterocycles. The second kappa shape index (κ2) is 4.79. The van der Waals surface area contributed by atoms with Crippen molar-refractivity contribution in [3.05, 3.63) is 53.6 Å². The quantitative estimate of drug-likeness (QED) is 0.811. The number of hydrogen-bond acceptors (Lipinski definition) is 3. The summed E-state index contributed by atoms with van der Waals surface area (Å²) < 4.78 is 5.62. The molecule has 2 rings (SSSR count). The minimum Gasteiger partial charge on any atom is -0.455 e. The molecule has 0 saturated carbocycles. The van der Waals surface area contributed by atoms with Crippen LogP contribution in [0.25, 0.3) is 0 Å². The lowest BCUT2D eigenvalue weighted by Gasteiger charge is -2.09. The van der Waals surface area contributed by atoms with Crippen LogP contribution in [0.3, 0.4) is 0 Å². The Hall–Kier alpha value is -2.49. The summed E-state index contributed by atoms with van der Waals surface area (Å²) in [4.78, 5) is 11.0. The maximum atomic E-state index is 11.0. The van der Waals surface area contributed by atoms with Crippen molar-refractivity contribution in [3.8, 4) is 11.5 Å². The molecule has 0 fully saturated rings. The number of nitrogen functional groups attached to an aromatic ring is 1. The summed E-state index contributed by atoms with van der Waals surface area (Å²) in [7, 11) is 0. The number of carbonyl (C=O) groups is 1. The molecular weight excluding hydrogens is 228 g/mol. The van der Waals surface area contributed by atoms with Crippen molar-refractivity contribution in [2.24, 2.45) is 5.73 Å². The Labute approximate surface area is 105 Å². The summed E-state index contributed by atoms with van der Waals surface area (Å²) in [6, 6.07) is 12.3. The van der Waals surface area contributed by atoms with Crippen LogP contribution in [0.1, 0.15) is 15.9 Å². The zero-order valence-corrected chi connectivity index (χ0v) is 10.0. The predicted octanol–water partition coefficient (Wildman–Crippen LogP) is 2.47.